The molecule has 1 unspecified atom stereocenters. The fourth-order valence-corrected chi connectivity index (χ4v) is 1.57. The number of ketones is 1. The van der Waals surface area contributed by atoms with Gasteiger partial charge in [0.15, 0.2) is 11.9 Å². The van der Waals surface area contributed by atoms with E-state index in [0.717, 1.165) is 5.56 Å². The molecule has 0 spiro atoms. The molecule has 0 aromatic heterocycles. The third-order valence-electron chi connectivity index (χ3n) is 2.45. The van der Waals surface area contributed by atoms with Crippen LogP contribution in [-0.4, -0.2) is 25.0 Å². The summed E-state index contributed by atoms with van der Waals surface area (Å²) in [6.07, 6.45) is -0.359. The lowest BCUT2D eigenvalue weighted by molar-refractivity contribution is -0.170. The molecule has 4 nitrogen and oxygen atoms in total. The number of carbonyl (C=O) groups is 2. The van der Waals surface area contributed by atoms with Gasteiger partial charge in [0.1, 0.15) is 6.61 Å². The van der Waals surface area contributed by atoms with Crippen molar-refractivity contribution < 1.29 is 19.1 Å². The van der Waals surface area contributed by atoms with Crippen molar-refractivity contribution in [3.05, 3.63) is 35.4 Å². The molecule has 1 saturated heterocycles. The average Bonchev–Trinajstić information content (AvgIpc) is 2.29. The van der Waals surface area contributed by atoms with E-state index in [-0.39, 0.29) is 24.5 Å². The van der Waals surface area contributed by atoms with Crippen LogP contribution in [0.15, 0.2) is 24.3 Å². The first-order valence-electron chi connectivity index (χ1n) is 5.05. The van der Waals surface area contributed by atoms with Crippen LogP contribution in [-0.2, 0) is 14.3 Å². The quantitative estimate of drug-likeness (QED) is 0.560. The standard InChI is InChI=1S/C12H12O4/c1-8(13)9-2-4-10(5-3-9)11-6-15-7-12(14)16-11/h2-5,11H,6-7H2,1H3. The van der Waals surface area contributed by atoms with E-state index >= 15 is 0 Å². The molecule has 0 aliphatic carbocycles. The maximum absolute atomic E-state index is 11.1. The third kappa shape index (κ3) is 2.28. The Kier molecular flexibility index (Phi) is 3.01. The Morgan fingerprint density at radius 3 is 2.56 bits per heavy atom. The molecule has 1 fully saturated rings. The number of rotatable bonds is 2. The van der Waals surface area contributed by atoms with Crippen molar-refractivity contribution in [1.29, 1.82) is 0 Å². The number of Topliss-reactive ketones (excluding diaryl/α,β-unsaturated/α-hetero) is 1. The molecule has 0 saturated carbocycles. The zero-order chi connectivity index (χ0) is 11.5. The molecule has 16 heavy (non-hydrogen) atoms. The van der Waals surface area contributed by atoms with Crippen LogP contribution in [0.5, 0.6) is 0 Å². The summed E-state index contributed by atoms with van der Waals surface area (Å²) in [5, 5.41) is 0. The molecule has 1 aliphatic heterocycles. The van der Waals surface area contributed by atoms with Gasteiger partial charge in [-0.3, -0.25) is 4.79 Å². The van der Waals surface area contributed by atoms with Gasteiger partial charge in [0.05, 0.1) is 6.61 Å². The second-order valence-electron chi connectivity index (χ2n) is 3.67. The summed E-state index contributed by atoms with van der Waals surface area (Å²) in [6, 6.07) is 7.01. The summed E-state index contributed by atoms with van der Waals surface area (Å²) in [5.41, 5.74) is 1.49. The van der Waals surface area contributed by atoms with Crippen LogP contribution in [0.2, 0.25) is 0 Å². The van der Waals surface area contributed by atoms with Crippen molar-refractivity contribution in [1.82, 2.24) is 0 Å². The number of hydrogen-bond donors (Lipinski definition) is 0. The molecule has 1 atom stereocenters. The first kappa shape index (κ1) is 10.8. The first-order valence-corrected chi connectivity index (χ1v) is 5.05. The molecule has 84 valence electrons. The molecule has 0 N–H and O–H groups in total. The highest BCUT2D eigenvalue weighted by atomic mass is 16.6. The number of esters is 1. The monoisotopic (exact) mass is 220 g/mol. The minimum atomic E-state index is -0.359. The normalized spacial score (nSPS) is 20.3. The highest BCUT2D eigenvalue weighted by molar-refractivity contribution is 5.94. The van der Waals surface area contributed by atoms with Gasteiger partial charge in [0, 0.05) is 5.56 Å². The van der Waals surface area contributed by atoms with Crippen molar-refractivity contribution in [2.24, 2.45) is 0 Å². The molecule has 4 heteroatoms. The molecule has 1 aliphatic rings. The van der Waals surface area contributed by atoms with Crippen LogP contribution in [0.3, 0.4) is 0 Å². The van der Waals surface area contributed by atoms with E-state index < -0.39 is 0 Å². The highest BCUT2D eigenvalue weighted by Gasteiger charge is 2.22. The molecule has 1 heterocycles. The predicted octanol–water partition coefficient (Wildman–Crippen LogP) is 1.50. The van der Waals surface area contributed by atoms with E-state index in [1.165, 1.54) is 6.92 Å². The summed E-state index contributed by atoms with van der Waals surface area (Å²) >= 11 is 0. The van der Waals surface area contributed by atoms with Gasteiger partial charge in [0.25, 0.3) is 0 Å². The average molecular weight is 220 g/mol. The summed E-state index contributed by atoms with van der Waals surface area (Å²) < 4.78 is 10.2. The van der Waals surface area contributed by atoms with Crippen molar-refractivity contribution in [2.75, 3.05) is 13.2 Å². The van der Waals surface area contributed by atoms with Gasteiger partial charge in [-0.05, 0) is 12.5 Å². The zero-order valence-corrected chi connectivity index (χ0v) is 8.93. The fraction of sp³-hybridized carbons (Fsp3) is 0.333. The van der Waals surface area contributed by atoms with E-state index in [0.29, 0.717) is 12.2 Å². The SMILES string of the molecule is CC(=O)c1ccc(C2COCC(=O)O2)cc1. The molecule has 0 bridgehead atoms. The fourth-order valence-electron chi connectivity index (χ4n) is 1.57. The lowest BCUT2D eigenvalue weighted by Crippen LogP contribution is -2.26. The Morgan fingerprint density at radius 1 is 1.31 bits per heavy atom. The zero-order valence-electron chi connectivity index (χ0n) is 8.93. The third-order valence-corrected chi connectivity index (χ3v) is 2.45. The molecule has 0 amide bonds. The second kappa shape index (κ2) is 4.45. The lowest BCUT2D eigenvalue weighted by Gasteiger charge is -2.22. The molecular formula is C12H12O4. The van der Waals surface area contributed by atoms with E-state index in [1.54, 1.807) is 24.3 Å². The smallest absolute Gasteiger partial charge is 0.332 e. The Morgan fingerprint density at radius 2 is 2.00 bits per heavy atom. The summed E-state index contributed by atoms with van der Waals surface area (Å²) in [7, 11) is 0. The van der Waals surface area contributed by atoms with Gasteiger partial charge in [-0.15, -0.1) is 0 Å². The molecule has 0 radical (unpaired) electrons. The van der Waals surface area contributed by atoms with Gasteiger partial charge in [0.2, 0.25) is 0 Å². The van der Waals surface area contributed by atoms with E-state index in [2.05, 4.69) is 0 Å². The first-order chi connectivity index (χ1) is 7.66. The predicted molar refractivity (Wildman–Crippen MR) is 56.1 cm³/mol. The van der Waals surface area contributed by atoms with Crippen LogP contribution in [0.1, 0.15) is 28.9 Å². The van der Waals surface area contributed by atoms with Crippen LogP contribution in [0, 0.1) is 0 Å². The number of cyclic esters (lactones) is 1. The summed E-state index contributed by atoms with van der Waals surface area (Å²) in [5.74, 6) is -0.338. The Hall–Kier alpha value is -1.68. The van der Waals surface area contributed by atoms with Crippen LogP contribution in [0.4, 0.5) is 0 Å². The van der Waals surface area contributed by atoms with Crippen molar-refractivity contribution in [2.45, 2.75) is 13.0 Å². The van der Waals surface area contributed by atoms with E-state index in [4.69, 9.17) is 9.47 Å². The van der Waals surface area contributed by atoms with E-state index in [1.807, 2.05) is 0 Å². The minimum Gasteiger partial charge on any atom is -0.453 e. The van der Waals surface area contributed by atoms with Crippen LogP contribution >= 0.6 is 0 Å². The lowest BCUT2D eigenvalue weighted by atomic mass is 10.1. The maximum atomic E-state index is 11.1. The Labute approximate surface area is 93.2 Å². The topological polar surface area (TPSA) is 52.6 Å². The van der Waals surface area contributed by atoms with Gasteiger partial charge < -0.3 is 9.47 Å². The molecule has 1 aromatic carbocycles. The minimum absolute atomic E-state index is 0.0159. The van der Waals surface area contributed by atoms with Gasteiger partial charge >= 0.3 is 5.97 Å². The second-order valence-corrected chi connectivity index (χ2v) is 3.67. The summed E-state index contributed by atoms with van der Waals surface area (Å²) in [4.78, 5) is 22.1. The van der Waals surface area contributed by atoms with Crippen molar-refractivity contribution in [3.63, 3.8) is 0 Å². The maximum Gasteiger partial charge on any atom is 0.332 e. The molecular weight excluding hydrogens is 208 g/mol. The highest BCUT2D eigenvalue weighted by Crippen LogP contribution is 2.21. The van der Waals surface area contributed by atoms with Gasteiger partial charge in [-0.2, -0.15) is 0 Å². The van der Waals surface area contributed by atoms with Crippen LogP contribution < -0.4 is 0 Å². The largest absolute Gasteiger partial charge is 0.453 e. The van der Waals surface area contributed by atoms with Gasteiger partial charge in [-0.1, -0.05) is 24.3 Å². The Bertz CT molecular complexity index is 408. The summed E-state index contributed by atoms with van der Waals surface area (Å²) in [6.45, 7) is 1.89. The van der Waals surface area contributed by atoms with Crippen molar-refractivity contribution >= 4 is 11.8 Å². The number of hydrogen-bond acceptors (Lipinski definition) is 4. The Balaban J connectivity index is 2.14. The van der Waals surface area contributed by atoms with Gasteiger partial charge in [-0.25, -0.2) is 4.79 Å². The molecule has 2 rings (SSSR count). The van der Waals surface area contributed by atoms with Crippen molar-refractivity contribution in [3.8, 4) is 0 Å². The molecule has 1 aromatic rings. The van der Waals surface area contributed by atoms with E-state index in [9.17, 15) is 9.59 Å². The number of ether oxygens (including phenoxy) is 2. The number of carbonyl (C=O) groups excluding carboxylic acids is 2. The van der Waals surface area contributed by atoms with Crippen LogP contribution in [0.25, 0.3) is 0 Å². The number of benzene rings is 1.